The van der Waals surface area contributed by atoms with Gasteiger partial charge in [-0.15, -0.1) is 0 Å². The smallest absolute Gasteiger partial charge is 0.160 e. The Bertz CT molecular complexity index is 1510. The maximum atomic E-state index is 6.48. The molecule has 0 bridgehead atoms. The Morgan fingerprint density at radius 3 is 2.44 bits per heavy atom. The van der Waals surface area contributed by atoms with Gasteiger partial charge in [-0.1, -0.05) is 72.3 Å². The van der Waals surface area contributed by atoms with Crippen molar-refractivity contribution in [2.45, 2.75) is 6.17 Å². The molecule has 0 fully saturated rings. The molecule has 0 radical (unpaired) electrons. The molecule has 1 aliphatic heterocycles. The number of hydrogen-bond acceptors (Lipinski definition) is 5. The van der Waals surface area contributed by atoms with E-state index in [1.54, 1.807) is 12.3 Å². The van der Waals surface area contributed by atoms with E-state index in [9.17, 15) is 0 Å². The van der Waals surface area contributed by atoms with Crippen LogP contribution >= 0.6 is 11.6 Å². The molecule has 1 N–H and O–H groups in total. The van der Waals surface area contributed by atoms with Gasteiger partial charge in [-0.05, 0) is 23.8 Å². The highest BCUT2D eigenvalue weighted by Crippen LogP contribution is 2.34. The van der Waals surface area contributed by atoms with Crippen LogP contribution in [-0.2, 0) is 0 Å². The Labute approximate surface area is 189 Å². The van der Waals surface area contributed by atoms with Gasteiger partial charge in [-0.25, -0.2) is 9.98 Å². The Balaban J connectivity index is 1.60. The third-order valence-electron chi connectivity index (χ3n) is 5.44. The lowest BCUT2D eigenvalue weighted by atomic mass is 10.1. The van der Waals surface area contributed by atoms with Gasteiger partial charge in [0, 0.05) is 28.4 Å². The number of furan rings is 1. The molecular weight excluding hydrogens is 420 g/mol. The molecule has 0 amide bonds. The molecule has 2 aromatic heterocycles. The molecule has 1 unspecified atom stereocenters. The summed E-state index contributed by atoms with van der Waals surface area (Å²) < 4.78 is 6.02. The summed E-state index contributed by atoms with van der Waals surface area (Å²) >= 11 is 6.48. The van der Waals surface area contributed by atoms with Gasteiger partial charge in [0.2, 0.25) is 0 Å². The molecule has 6 rings (SSSR count). The molecule has 3 heterocycles. The summed E-state index contributed by atoms with van der Waals surface area (Å²) in [7, 11) is 0. The van der Waals surface area contributed by atoms with Crippen molar-refractivity contribution in [1.82, 2.24) is 10.3 Å². The first kappa shape index (κ1) is 18.8. The first-order chi connectivity index (χ1) is 15.8. The summed E-state index contributed by atoms with van der Waals surface area (Å²) in [6.45, 7) is 0. The van der Waals surface area contributed by atoms with Crippen LogP contribution < -0.4 is 5.32 Å². The number of amidine groups is 2. The number of hydrogen-bond donors (Lipinski definition) is 1. The average Bonchev–Trinajstić information content (AvgIpc) is 3.22. The van der Waals surface area contributed by atoms with Gasteiger partial charge in [0.25, 0.3) is 0 Å². The zero-order valence-electron chi connectivity index (χ0n) is 16.9. The fourth-order valence-electron chi connectivity index (χ4n) is 3.98. The molecule has 154 valence electrons. The van der Waals surface area contributed by atoms with Gasteiger partial charge >= 0.3 is 0 Å². The maximum Gasteiger partial charge on any atom is 0.160 e. The summed E-state index contributed by atoms with van der Waals surface area (Å²) in [6.07, 6.45) is 1.46. The van der Waals surface area contributed by atoms with Crippen LogP contribution in [0.5, 0.6) is 0 Å². The van der Waals surface area contributed by atoms with Gasteiger partial charge < -0.3 is 9.73 Å². The SMILES string of the molecule is Clc1cc(C2=NC(c3ccccc3)NC(c3ccccc3)=N2)c2c(c1)oc1cccnc12. The lowest BCUT2D eigenvalue weighted by molar-refractivity contribution is 0.667. The quantitative estimate of drug-likeness (QED) is 0.370. The number of nitrogens with zero attached hydrogens (tertiary/aromatic N) is 3. The monoisotopic (exact) mass is 436 g/mol. The average molecular weight is 437 g/mol. The Morgan fingerprint density at radius 2 is 1.62 bits per heavy atom. The van der Waals surface area contributed by atoms with Crippen LogP contribution in [0.15, 0.2) is 106 Å². The predicted octanol–water partition coefficient (Wildman–Crippen LogP) is 6.13. The largest absolute Gasteiger partial charge is 0.454 e. The third-order valence-corrected chi connectivity index (χ3v) is 5.66. The third kappa shape index (κ3) is 3.24. The Kier molecular flexibility index (Phi) is 4.47. The van der Waals surface area contributed by atoms with Crippen LogP contribution in [0.25, 0.3) is 22.1 Å². The van der Waals surface area contributed by atoms with Crippen molar-refractivity contribution in [3.8, 4) is 0 Å². The fourth-order valence-corrected chi connectivity index (χ4v) is 4.19. The normalized spacial score (nSPS) is 16.0. The van der Waals surface area contributed by atoms with Crippen molar-refractivity contribution in [2.24, 2.45) is 9.98 Å². The summed E-state index contributed by atoms with van der Waals surface area (Å²) in [5.74, 6) is 1.33. The minimum absolute atomic E-state index is 0.293. The summed E-state index contributed by atoms with van der Waals surface area (Å²) in [6, 6.07) is 27.6. The standard InChI is InChI=1S/C26H17ClN4O/c27-18-14-19(22-21(15-18)32-20-12-7-13-28-23(20)22)26-30-24(16-8-3-1-4-9-16)29-25(31-26)17-10-5-2-6-11-17/h1-15,24H,(H,29,30,31). The number of aliphatic imine (C=N–C) groups is 2. The maximum absolute atomic E-state index is 6.48. The van der Waals surface area contributed by atoms with Crippen molar-refractivity contribution < 1.29 is 4.42 Å². The molecule has 0 saturated carbocycles. The van der Waals surface area contributed by atoms with E-state index in [1.165, 1.54) is 0 Å². The second-order valence-corrected chi connectivity index (χ2v) is 7.95. The van der Waals surface area contributed by atoms with Gasteiger partial charge in [-0.3, -0.25) is 4.98 Å². The van der Waals surface area contributed by atoms with E-state index in [1.807, 2.05) is 66.7 Å². The van der Waals surface area contributed by atoms with Crippen LogP contribution in [0.4, 0.5) is 0 Å². The highest BCUT2D eigenvalue weighted by Gasteiger charge is 2.24. The van der Waals surface area contributed by atoms with E-state index >= 15 is 0 Å². The number of aromatic nitrogens is 1. The summed E-state index contributed by atoms with van der Waals surface area (Å²) in [5, 5.41) is 4.88. The van der Waals surface area contributed by atoms with Crippen molar-refractivity contribution in [1.29, 1.82) is 0 Å². The molecule has 1 aliphatic rings. The number of benzene rings is 3. The molecule has 3 aromatic carbocycles. The van der Waals surface area contributed by atoms with Gasteiger partial charge in [-0.2, -0.15) is 0 Å². The number of fused-ring (bicyclic) bond motifs is 3. The van der Waals surface area contributed by atoms with E-state index < -0.39 is 0 Å². The van der Waals surface area contributed by atoms with Crippen LogP contribution in [0.3, 0.4) is 0 Å². The molecule has 6 heteroatoms. The molecular formula is C26H17ClN4O. The van der Waals surface area contributed by atoms with E-state index in [4.69, 9.17) is 26.0 Å². The topological polar surface area (TPSA) is 62.8 Å². The van der Waals surface area contributed by atoms with Gasteiger partial charge in [0.15, 0.2) is 11.4 Å². The van der Waals surface area contributed by atoms with Crippen LogP contribution in [0.1, 0.15) is 22.9 Å². The second-order valence-electron chi connectivity index (χ2n) is 7.52. The highest BCUT2D eigenvalue weighted by molar-refractivity contribution is 6.33. The molecule has 0 spiro atoms. The molecule has 32 heavy (non-hydrogen) atoms. The molecule has 0 aliphatic carbocycles. The number of rotatable bonds is 3. The predicted molar refractivity (Wildman–Crippen MR) is 128 cm³/mol. The Morgan fingerprint density at radius 1 is 0.844 bits per heavy atom. The summed E-state index contributed by atoms with van der Waals surface area (Å²) in [4.78, 5) is 14.4. The lowest BCUT2D eigenvalue weighted by Gasteiger charge is -2.23. The van der Waals surface area contributed by atoms with Crippen LogP contribution in [-0.4, -0.2) is 16.7 Å². The molecule has 5 nitrogen and oxygen atoms in total. The van der Waals surface area contributed by atoms with Crippen molar-refractivity contribution in [3.63, 3.8) is 0 Å². The number of halogens is 1. The first-order valence-electron chi connectivity index (χ1n) is 10.3. The van der Waals surface area contributed by atoms with E-state index in [0.717, 1.165) is 33.4 Å². The van der Waals surface area contributed by atoms with E-state index in [-0.39, 0.29) is 6.17 Å². The van der Waals surface area contributed by atoms with Crippen molar-refractivity contribution >= 4 is 45.3 Å². The zero-order valence-corrected chi connectivity index (χ0v) is 17.6. The summed E-state index contributed by atoms with van der Waals surface area (Å²) in [5.41, 5.74) is 4.95. The second kappa shape index (κ2) is 7.62. The van der Waals surface area contributed by atoms with E-state index in [0.29, 0.717) is 22.0 Å². The highest BCUT2D eigenvalue weighted by atomic mass is 35.5. The van der Waals surface area contributed by atoms with Crippen molar-refractivity contribution in [2.75, 3.05) is 0 Å². The van der Waals surface area contributed by atoms with Crippen LogP contribution in [0.2, 0.25) is 5.02 Å². The van der Waals surface area contributed by atoms with Gasteiger partial charge in [0.05, 0.1) is 5.39 Å². The van der Waals surface area contributed by atoms with E-state index in [2.05, 4.69) is 22.4 Å². The number of nitrogens with one attached hydrogen (secondary N) is 1. The molecule has 1 atom stereocenters. The van der Waals surface area contributed by atoms with Crippen LogP contribution in [0, 0.1) is 0 Å². The first-order valence-corrected chi connectivity index (χ1v) is 10.6. The zero-order chi connectivity index (χ0) is 21.5. The number of pyridine rings is 1. The minimum Gasteiger partial charge on any atom is -0.454 e. The van der Waals surface area contributed by atoms with Crippen molar-refractivity contribution in [3.05, 3.63) is 113 Å². The molecule has 5 aromatic rings. The van der Waals surface area contributed by atoms with Gasteiger partial charge in [0.1, 0.15) is 23.1 Å². The lowest BCUT2D eigenvalue weighted by Crippen LogP contribution is -2.33. The molecule has 0 saturated heterocycles. The fraction of sp³-hybridized carbons (Fsp3) is 0.0385. The minimum atomic E-state index is -0.293. The Hall–Kier alpha value is -3.96.